The highest BCUT2D eigenvalue weighted by atomic mass is 19.2. The molecule has 0 spiro atoms. The third-order valence-corrected chi connectivity index (χ3v) is 3.80. The van der Waals surface area contributed by atoms with Gasteiger partial charge in [-0.25, -0.2) is 18.0 Å². The molecule has 3 rings (SSSR count). The minimum absolute atomic E-state index is 0.191. The molecule has 0 radical (unpaired) electrons. The zero-order valence-corrected chi connectivity index (χ0v) is 14.6. The fraction of sp³-hybridized carbons (Fsp3) is 0.0500. The summed E-state index contributed by atoms with van der Waals surface area (Å²) in [6.45, 7) is 0.300. The fourth-order valence-electron chi connectivity index (χ4n) is 2.35. The van der Waals surface area contributed by atoms with Gasteiger partial charge in [0.15, 0.2) is 0 Å². The molecule has 0 fully saturated rings. The summed E-state index contributed by atoms with van der Waals surface area (Å²) in [6, 6.07) is 13.8. The third kappa shape index (κ3) is 4.63. The molecule has 0 saturated heterocycles. The summed E-state index contributed by atoms with van der Waals surface area (Å²) in [4.78, 5) is 11.9. The Bertz CT molecular complexity index is 998. The van der Waals surface area contributed by atoms with Crippen molar-refractivity contribution >= 4 is 11.7 Å². The summed E-state index contributed by atoms with van der Waals surface area (Å²) in [6.07, 6.45) is 0. The molecule has 2 amide bonds. The number of nitrogens with one attached hydrogen (secondary N) is 2. The summed E-state index contributed by atoms with van der Waals surface area (Å²) < 4.78 is 71.6. The molecule has 0 aliphatic heterocycles. The molecule has 0 heterocycles. The molecule has 0 aliphatic rings. The van der Waals surface area contributed by atoms with Crippen LogP contribution >= 0.6 is 0 Å². The molecule has 4 nitrogen and oxygen atoms in total. The number of carbonyl (C=O) groups is 1. The van der Waals surface area contributed by atoms with Crippen LogP contribution in [0, 0.1) is 29.1 Å². The number of urea groups is 1. The predicted molar refractivity (Wildman–Crippen MR) is 95.0 cm³/mol. The highest BCUT2D eigenvalue weighted by Crippen LogP contribution is 2.33. The van der Waals surface area contributed by atoms with Crippen molar-refractivity contribution in [2.24, 2.45) is 0 Å². The van der Waals surface area contributed by atoms with Gasteiger partial charge in [-0.2, -0.15) is 8.78 Å². The SMILES string of the molecule is O=C(NCc1ccccc1)Nc1ccc(Oc2c(F)c(F)c(F)c(F)c2F)cc1. The molecule has 0 aliphatic carbocycles. The molecule has 3 aromatic rings. The third-order valence-electron chi connectivity index (χ3n) is 3.80. The van der Waals surface area contributed by atoms with Crippen molar-refractivity contribution in [1.82, 2.24) is 5.32 Å². The number of benzene rings is 3. The minimum atomic E-state index is -2.27. The molecule has 2 N–H and O–H groups in total. The summed E-state index contributed by atoms with van der Waals surface area (Å²) >= 11 is 0. The summed E-state index contributed by atoms with van der Waals surface area (Å²) in [5.74, 6) is -12.2. The quantitative estimate of drug-likeness (QED) is 0.333. The second-order valence-electron chi connectivity index (χ2n) is 5.82. The van der Waals surface area contributed by atoms with E-state index >= 15 is 0 Å². The maximum Gasteiger partial charge on any atom is 0.319 e. The van der Waals surface area contributed by atoms with E-state index in [1.807, 2.05) is 30.3 Å². The van der Waals surface area contributed by atoms with Crippen molar-refractivity contribution in [3.63, 3.8) is 0 Å². The van der Waals surface area contributed by atoms with Crippen LogP contribution in [0.15, 0.2) is 54.6 Å². The lowest BCUT2D eigenvalue weighted by atomic mass is 10.2. The number of amides is 2. The van der Waals surface area contributed by atoms with Crippen molar-refractivity contribution in [2.45, 2.75) is 6.54 Å². The first kappa shape index (κ1) is 20.1. The van der Waals surface area contributed by atoms with Crippen LogP contribution in [0.3, 0.4) is 0 Å². The van der Waals surface area contributed by atoms with Gasteiger partial charge >= 0.3 is 6.03 Å². The number of carbonyl (C=O) groups excluding carboxylic acids is 1. The Labute approximate surface area is 161 Å². The average Bonchev–Trinajstić information content (AvgIpc) is 2.74. The van der Waals surface area contributed by atoms with Crippen LogP contribution in [0.2, 0.25) is 0 Å². The Hall–Kier alpha value is -3.62. The van der Waals surface area contributed by atoms with E-state index < -0.39 is 40.9 Å². The second-order valence-corrected chi connectivity index (χ2v) is 5.82. The largest absolute Gasteiger partial charge is 0.451 e. The summed E-state index contributed by atoms with van der Waals surface area (Å²) in [7, 11) is 0. The fourth-order valence-corrected chi connectivity index (χ4v) is 2.35. The van der Waals surface area contributed by atoms with Crippen molar-refractivity contribution in [2.75, 3.05) is 5.32 Å². The van der Waals surface area contributed by atoms with Crippen LogP contribution in [-0.4, -0.2) is 6.03 Å². The first-order valence-electron chi connectivity index (χ1n) is 8.25. The molecule has 0 atom stereocenters. The van der Waals surface area contributed by atoms with E-state index in [0.717, 1.165) is 5.56 Å². The number of ether oxygens (including phenoxy) is 1. The van der Waals surface area contributed by atoms with E-state index in [1.165, 1.54) is 24.3 Å². The van der Waals surface area contributed by atoms with Gasteiger partial charge in [0, 0.05) is 12.2 Å². The molecular formula is C20H13F5N2O2. The normalized spacial score (nSPS) is 10.5. The summed E-state index contributed by atoms with van der Waals surface area (Å²) in [5, 5.41) is 5.16. The summed E-state index contributed by atoms with van der Waals surface area (Å²) in [5.41, 5.74) is 1.22. The molecule has 29 heavy (non-hydrogen) atoms. The van der Waals surface area contributed by atoms with Crippen molar-refractivity contribution < 1.29 is 31.5 Å². The van der Waals surface area contributed by atoms with Crippen LogP contribution in [0.4, 0.5) is 32.4 Å². The maximum absolute atomic E-state index is 13.7. The van der Waals surface area contributed by atoms with Crippen molar-refractivity contribution in [3.8, 4) is 11.5 Å². The van der Waals surface area contributed by atoms with E-state index in [-0.39, 0.29) is 5.75 Å². The number of hydrogen-bond donors (Lipinski definition) is 2. The van der Waals surface area contributed by atoms with E-state index in [2.05, 4.69) is 10.6 Å². The Kier molecular flexibility index (Phi) is 5.96. The topological polar surface area (TPSA) is 50.4 Å². The highest BCUT2D eigenvalue weighted by Gasteiger charge is 2.27. The molecule has 0 unspecified atom stereocenters. The Morgan fingerprint density at radius 2 is 1.31 bits per heavy atom. The Morgan fingerprint density at radius 3 is 1.90 bits per heavy atom. The van der Waals surface area contributed by atoms with Gasteiger partial charge in [-0.15, -0.1) is 0 Å². The van der Waals surface area contributed by atoms with Crippen LogP contribution in [0.5, 0.6) is 11.5 Å². The van der Waals surface area contributed by atoms with Crippen molar-refractivity contribution in [3.05, 3.63) is 89.2 Å². The first-order valence-corrected chi connectivity index (χ1v) is 8.25. The highest BCUT2D eigenvalue weighted by molar-refractivity contribution is 5.89. The Balaban J connectivity index is 1.64. The lowest BCUT2D eigenvalue weighted by Gasteiger charge is -2.11. The van der Waals surface area contributed by atoms with Gasteiger partial charge in [-0.3, -0.25) is 0 Å². The number of hydrogen-bond acceptors (Lipinski definition) is 2. The molecule has 0 saturated carbocycles. The van der Waals surface area contributed by atoms with E-state index in [1.54, 1.807) is 0 Å². The van der Waals surface area contributed by atoms with Gasteiger partial charge in [-0.05, 0) is 29.8 Å². The van der Waals surface area contributed by atoms with E-state index in [4.69, 9.17) is 4.74 Å². The van der Waals surface area contributed by atoms with Gasteiger partial charge in [0.2, 0.25) is 34.8 Å². The van der Waals surface area contributed by atoms with Crippen LogP contribution in [0.25, 0.3) is 0 Å². The number of rotatable bonds is 5. The lowest BCUT2D eigenvalue weighted by Crippen LogP contribution is -2.28. The number of halogens is 5. The molecule has 0 bridgehead atoms. The second kappa shape index (κ2) is 8.59. The van der Waals surface area contributed by atoms with Gasteiger partial charge in [0.25, 0.3) is 0 Å². The molecule has 3 aromatic carbocycles. The molecule has 9 heteroatoms. The standard InChI is InChI=1S/C20H13F5N2O2/c21-14-15(22)17(24)19(18(25)16(14)23)29-13-8-6-12(7-9-13)27-20(28)26-10-11-4-2-1-3-5-11/h1-9H,10H2,(H2,26,27,28). The first-order chi connectivity index (χ1) is 13.9. The average molecular weight is 408 g/mol. The monoisotopic (exact) mass is 408 g/mol. The van der Waals surface area contributed by atoms with Gasteiger partial charge in [-0.1, -0.05) is 30.3 Å². The Morgan fingerprint density at radius 1 is 0.759 bits per heavy atom. The van der Waals surface area contributed by atoms with E-state index in [0.29, 0.717) is 12.2 Å². The smallest absolute Gasteiger partial charge is 0.319 e. The molecule has 0 aromatic heterocycles. The number of anilines is 1. The molecular weight excluding hydrogens is 395 g/mol. The van der Waals surface area contributed by atoms with Crippen LogP contribution in [0.1, 0.15) is 5.56 Å². The van der Waals surface area contributed by atoms with Crippen molar-refractivity contribution in [1.29, 1.82) is 0 Å². The minimum Gasteiger partial charge on any atom is -0.451 e. The zero-order chi connectivity index (χ0) is 21.0. The lowest BCUT2D eigenvalue weighted by molar-refractivity contribution is 0.251. The zero-order valence-electron chi connectivity index (χ0n) is 14.6. The van der Waals surface area contributed by atoms with Gasteiger partial charge in [0.05, 0.1) is 0 Å². The van der Waals surface area contributed by atoms with E-state index in [9.17, 15) is 26.7 Å². The van der Waals surface area contributed by atoms with Crippen LogP contribution in [-0.2, 0) is 6.54 Å². The maximum atomic E-state index is 13.7. The van der Waals surface area contributed by atoms with Gasteiger partial charge in [0.1, 0.15) is 5.75 Å². The molecule has 150 valence electrons. The van der Waals surface area contributed by atoms with Gasteiger partial charge < -0.3 is 15.4 Å². The van der Waals surface area contributed by atoms with Crippen LogP contribution < -0.4 is 15.4 Å². The predicted octanol–water partition coefficient (Wildman–Crippen LogP) is 5.50.